The molecular weight excluding hydrogens is 231 g/mol. The monoisotopic (exact) mass is 250 g/mol. The smallest absolute Gasteiger partial charge is 0.241 e. The maximum Gasteiger partial charge on any atom is 0.241 e. The van der Waals surface area contributed by atoms with Gasteiger partial charge in [0.25, 0.3) is 0 Å². The maximum absolute atomic E-state index is 13.1. The third-order valence-corrected chi connectivity index (χ3v) is 3.44. The average Bonchev–Trinajstić information content (AvgIpc) is 2.34. The van der Waals surface area contributed by atoms with E-state index in [9.17, 15) is 9.18 Å². The standard InChI is InChI=1S/C14H19FN2O/c1-9-5-6-16-13(7-9)14(18)17-12-8-11(15)4-3-10(12)2/h3-4,8-9,13,16H,5-7H2,1-2H3,(H,17,18). The first-order chi connectivity index (χ1) is 8.56. The van der Waals surface area contributed by atoms with E-state index < -0.39 is 0 Å². The number of nitrogens with one attached hydrogen (secondary N) is 2. The minimum Gasteiger partial charge on any atom is -0.324 e. The molecule has 2 atom stereocenters. The van der Waals surface area contributed by atoms with Crippen LogP contribution < -0.4 is 10.6 Å². The molecule has 0 aliphatic carbocycles. The zero-order valence-electron chi connectivity index (χ0n) is 10.8. The Morgan fingerprint density at radius 1 is 1.50 bits per heavy atom. The molecule has 1 aromatic rings. The fraction of sp³-hybridized carbons (Fsp3) is 0.500. The van der Waals surface area contributed by atoms with Crippen molar-refractivity contribution >= 4 is 11.6 Å². The molecule has 1 amide bonds. The number of amides is 1. The van der Waals surface area contributed by atoms with Gasteiger partial charge in [0.1, 0.15) is 5.82 Å². The van der Waals surface area contributed by atoms with E-state index in [-0.39, 0.29) is 17.8 Å². The van der Waals surface area contributed by atoms with Crippen molar-refractivity contribution in [2.24, 2.45) is 5.92 Å². The fourth-order valence-electron chi connectivity index (χ4n) is 2.26. The van der Waals surface area contributed by atoms with Crippen molar-refractivity contribution in [3.63, 3.8) is 0 Å². The van der Waals surface area contributed by atoms with Crippen LogP contribution in [-0.4, -0.2) is 18.5 Å². The summed E-state index contributed by atoms with van der Waals surface area (Å²) < 4.78 is 13.1. The van der Waals surface area contributed by atoms with Crippen LogP contribution in [-0.2, 0) is 4.79 Å². The number of piperidine rings is 1. The summed E-state index contributed by atoms with van der Waals surface area (Å²) in [7, 11) is 0. The van der Waals surface area contributed by atoms with Crippen LogP contribution in [0.15, 0.2) is 18.2 Å². The molecule has 0 bridgehead atoms. The number of anilines is 1. The topological polar surface area (TPSA) is 41.1 Å². The Kier molecular flexibility index (Phi) is 3.97. The highest BCUT2D eigenvalue weighted by atomic mass is 19.1. The third-order valence-electron chi connectivity index (χ3n) is 3.44. The Bertz CT molecular complexity index is 447. The van der Waals surface area contributed by atoms with Crippen molar-refractivity contribution in [1.29, 1.82) is 0 Å². The molecule has 1 aliphatic rings. The van der Waals surface area contributed by atoms with Gasteiger partial charge in [0.2, 0.25) is 5.91 Å². The van der Waals surface area contributed by atoms with Gasteiger partial charge in [0, 0.05) is 5.69 Å². The van der Waals surface area contributed by atoms with Crippen LogP contribution in [0.25, 0.3) is 0 Å². The highest BCUT2D eigenvalue weighted by Crippen LogP contribution is 2.19. The van der Waals surface area contributed by atoms with Crippen molar-refractivity contribution in [2.45, 2.75) is 32.7 Å². The molecule has 2 rings (SSSR count). The summed E-state index contributed by atoms with van der Waals surface area (Å²) >= 11 is 0. The lowest BCUT2D eigenvalue weighted by atomic mass is 9.94. The van der Waals surface area contributed by atoms with Crippen molar-refractivity contribution in [3.8, 4) is 0 Å². The van der Waals surface area contributed by atoms with Crippen LogP contribution in [0, 0.1) is 18.7 Å². The van der Waals surface area contributed by atoms with Gasteiger partial charge >= 0.3 is 0 Å². The van der Waals surface area contributed by atoms with Crippen molar-refractivity contribution in [1.82, 2.24) is 5.32 Å². The molecule has 0 saturated carbocycles. The van der Waals surface area contributed by atoms with Crippen LogP contribution in [0.4, 0.5) is 10.1 Å². The maximum atomic E-state index is 13.1. The summed E-state index contributed by atoms with van der Waals surface area (Å²) in [6.45, 7) is 4.86. The SMILES string of the molecule is Cc1ccc(F)cc1NC(=O)C1CC(C)CCN1. The van der Waals surface area contributed by atoms with Gasteiger partial charge in [0.05, 0.1) is 6.04 Å². The van der Waals surface area contributed by atoms with Gasteiger partial charge in [-0.15, -0.1) is 0 Å². The van der Waals surface area contributed by atoms with Gasteiger partial charge in [-0.25, -0.2) is 4.39 Å². The summed E-state index contributed by atoms with van der Waals surface area (Å²) in [6, 6.07) is 4.25. The molecule has 1 heterocycles. The molecule has 1 saturated heterocycles. The molecule has 2 N–H and O–H groups in total. The van der Waals surface area contributed by atoms with Crippen LogP contribution in [0.3, 0.4) is 0 Å². The van der Waals surface area contributed by atoms with Crippen LogP contribution in [0.2, 0.25) is 0 Å². The number of carbonyl (C=O) groups is 1. The number of carbonyl (C=O) groups excluding carboxylic acids is 1. The summed E-state index contributed by atoms with van der Waals surface area (Å²) in [6.07, 6.45) is 1.93. The lowest BCUT2D eigenvalue weighted by Crippen LogP contribution is -2.45. The van der Waals surface area contributed by atoms with Crippen molar-refractivity contribution in [3.05, 3.63) is 29.6 Å². The van der Waals surface area contributed by atoms with E-state index in [0.717, 1.165) is 24.9 Å². The fourth-order valence-corrected chi connectivity index (χ4v) is 2.26. The molecule has 1 aliphatic heterocycles. The Morgan fingerprint density at radius 2 is 2.28 bits per heavy atom. The van der Waals surface area contributed by atoms with E-state index in [0.29, 0.717) is 11.6 Å². The Hall–Kier alpha value is -1.42. The van der Waals surface area contributed by atoms with Gasteiger partial charge in [0.15, 0.2) is 0 Å². The van der Waals surface area contributed by atoms with Gasteiger partial charge in [-0.05, 0) is 49.9 Å². The zero-order valence-corrected chi connectivity index (χ0v) is 10.8. The first-order valence-electron chi connectivity index (χ1n) is 6.36. The molecular formula is C14H19FN2O. The summed E-state index contributed by atoms with van der Waals surface area (Å²) in [4.78, 5) is 12.1. The van der Waals surface area contributed by atoms with E-state index in [1.54, 1.807) is 6.07 Å². The number of hydrogen-bond acceptors (Lipinski definition) is 2. The van der Waals surface area contributed by atoms with Crippen molar-refractivity contribution in [2.75, 3.05) is 11.9 Å². The molecule has 0 radical (unpaired) electrons. The lowest BCUT2D eigenvalue weighted by Gasteiger charge is -2.27. The molecule has 1 aromatic carbocycles. The molecule has 3 nitrogen and oxygen atoms in total. The molecule has 98 valence electrons. The minimum atomic E-state index is -0.333. The van der Waals surface area contributed by atoms with Crippen LogP contribution in [0.1, 0.15) is 25.3 Å². The Balaban J connectivity index is 2.04. The first kappa shape index (κ1) is 13.0. The van der Waals surface area contributed by atoms with Gasteiger partial charge < -0.3 is 10.6 Å². The number of halogens is 1. The molecule has 4 heteroatoms. The van der Waals surface area contributed by atoms with E-state index >= 15 is 0 Å². The van der Waals surface area contributed by atoms with Crippen molar-refractivity contribution < 1.29 is 9.18 Å². The molecule has 0 aromatic heterocycles. The summed E-state index contributed by atoms with van der Waals surface area (Å²) in [5, 5.41) is 6.00. The number of aryl methyl sites for hydroxylation is 1. The second-order valence-electron chi connectivity index (χ2n) is 5.08. The highest BCUT2D eigenvalue weighted by molar-refractivity contribution is 5.95. The van der Waals surface area contributed by atoms with Crippen LogP contribution in [0.5, 0.6) is 0 Å². The number of hydrogen-bond donors (Lipinski definition) is 2. The number of benzene rings is 1. The van der Waals surface area contributed by atoms with E-state index in [2.05, 4.69) is 17.6 Å². The van der Waals surface area contributed by atoms with Crippen LogP contribution >= 0.6 is 0 Å². The quantitative estimate of drug-likeness (QED) is 0.846. The zero-order chi connectivity index (χ0) is 13.1. The predicted octanol–water partition coefficient (Wildman–Crippen LogP) is 2.46. The highest BCUT2D eigenvalue weighted by Gasteiger charge is 2.24. The molecule has 2 unspecified atom stereocenters. The molecule has 18 heavy (non-hydrogen) atoms. The molecule has 1 fully saturated rings. The predicted molar refractivity (Wildman–Crippen MR) is 70.0 cm³/mol. The second-order valence-corrected chi connectivity index (χ2v) is 5.08. The average molecular weight is 250 g/mol. The Labute approximate surface area is 107 Å². The van der Waals surface area contributed by atoms with Gasteiger partial charge in [-0.2, -0.15) is 0 Å². The third kappa shape index (κ3) is 3.07. The normalized spacial score (nSPS) is 23.7. The van der Waals surface area contributed by atoms with E-state index in [1.165, 1.54) is 12.1 Å². The van der Waals surface area contributed by atoms with Gasteiger partial charge in [-0.1, -0.05) is 13.0 Å². The first-order valence-corrected chi connectivity index (χ1v) is 6.36. The summed E-state index contributed by atoms with van der Waals surface area (Å²) in [5.41, 5.74) is 1.42. The lowest BCUT2D eigenvalue weighted by molar-refractivity contribution is -0.119. The number of rotatable bonds is 2. The molecule has 0 spiro atoms. The van der Waals surface area contributed by atoms with E-state index in [4.69, 9.17) is 0 Å². The summed E-state index contributed by atoms with van der Waals surface area (Å²) in [5.74, 6) is 0.145. The van der Waals surface area contributed by atoms with E-state index in [1.807, 2.05) is 6.92 Å². The van der Waals surface area contributed by atoms with Gasteiger partial charge in [-0.3, -0.25) is 4.79 Å². The second kappa shape index (κ2) is 5.48. The largest absolute Gasteiger partial charge is 0.324 e. The Morgan fingerprint density at radius 3 is 3.00 bits per heavy atom. The minimum absolute atomic E-state index is 0.0738.